The van der Waals surface area contributed by atoms with Crippen LogP contribution in [0.4, 0.5) is 26.4 Å². The monoisotopic (exact) mass is 546 g/mol. The number of hydrogen-bond acceptors (Lipinski definition) is 5. The van der Waals surface area contributed by atoms with Crippen molar-refractivity contribution in [3.05, 3.63) is 80.0 Å². The summed E-state index contributed by atoms with van der Waals surface area (Å²) in [6, 6.07) is 10.4. The molecule has 4 aromatic rings. The lowest BCUT2D eigenvalue weighted by Crippen LogP contribution is -2.20. The Bertz CT molecular complexity index is 1350. The van der Waals surface area contributed by atoms with E-state index in [0.717, 1.165) is 0 Å². The number of aromatic nitrogens is 3. The van der Waals surface area contributed by atoms with Crippen molar-refractivity contribution in [1.82, 2.24) is 14.5 Å². The van der Waals surface area contributed by atoms with E-state index in [1.54, 1.807) is 41.1 Å². The van der Waals surface area contributed by atoms with Crippen molar-refractivity contribution in [2.24, 2.45) is 0 Å². The van der Waals surface area contributed by atoms with Crippen LogP contribution in [0.15, 0.2) is 68.7 Å². The van der Waals surface area contributed by atoms with Crippen LogP contribution in [0.5, 0.6) is 0 Å². The molecule has 0 atom stereocenters. The minimum Gasteiger partial charge on any atom is -0.383 e. The number of halogens is 3. The number of fused-ring (bicyclic) bond motifs is 1. The smallest absolute Gasteiger partial charge is 0.323 e. The van der Waals surface area contributed by atoms with E-state index >= 15 is 0 Å². The maximum absolute atomic E-state index is 14.1. The topological polar surface area (TPSA) is 115 Å². The van der Waals surface area contributed by atoms with Crippen LogP contribution in [0.1, 0.15) is 0 Å². The molecule has 0 saturated carbocycles. The van der Waals surface area contributed by atoms with Gasteiger partial charge < -0.3 is 20.9 Å². The van der Waals surface area contributed by atoms with Crippen LogP contribution in [0.25, 0.3) is 16.7 Å². The largest absolute Gasteiger partial charge is 0.383 e. The fourth-order valence-electron chi connectivity index (χ4n) is 2.96. The van der Waals surface area contributed by atoms with Crippen LogP contribution in [-0.4, -0.2) is 20.6 Å². The molecule has 0 aliphatic rings. The van der Waals surface area contributed by atoms with E-state index in [4.69, 9.17) is 5.73 Å². The number of carbonyl (C=O) groups excluding carboxylic acids is 1. The number of benzene rings is 2. The summed E-state index contributed by atoms with van der Waals surface area (Å²) in [5.74, 6) is -0.483. The number of urea groups is 1. The van der Waals surface area contributed by atoms with Gasteiger partial charge in [-0.1, -0.05) is 15.9 Å². The number of anilines is 3. The van der Waals surface area contributed by atoms with E-state index < -0.39 is 11.8 Å². The van der Waals surface area contributed by atoms with E-state index in [-0.39, 0.29) is 22.3 Å². The van der Waals surface area contributed by atoms with Gasteiger partial charge in [0.15, 0.2) is 11.1 Å². The number of nitrogens with two attached hydrogens (primary N) is 1. The molecule has 156 valence electrons. The SMILES string of the molecule is Nc1ncnc2c1c(=O)ccn2-c1ccc(NC(=O)Nc2c(F)cc(Br)cc2Br)cc1. The number of pyridine rings is 1. The molecule has 31 heavy (non-hydrogen) atoms. The first-order valence-electron chi connectivity index (χ1n) is 8.78. The zero-order chi connectivity index (χ0) is 22.1. The molecule has 2 amide bonds. The predicted octanol–water partition coefficient (Wildman–Crippen LogP) is 4.67. The van der Waals surface area contributed by atoms with Gasteiger partial charge >= 0.3 is 6.03 Å². The molecule has 0 saturated heterocycles. The van der Waals surface area contributed by atoms with Gasteiger partial charge in [-0.25, -0.2) is 19.2 Å². The fraction of sp³-hybridized carbons (Fsp3) is 0. The third-order valence-electron chi connectivity index (χ3n) is 4.35. The third-order valence-corrected chi connectivity index (χ3v) is 5.44. The van der Waals surface area contributed by atoms with Gasteiger partial charge in [0.1, 0.15) is 23.3 Å². The first-order chi connectivity index (χ1) is 14.8. The molecule has 0 bridgehead atoms. The minimum absolute atomic E-state index is 0.0225. The van der Waals surface area contributed by atoms with Gasteiger partial charge in [0.2, 0.25) is 0 Å². The Hall–Kier alpha value is -3.31. The molecular formula is C20H13Br2FN6O2. The molecule has 0 aliphatic carbocycles. The average molecular weight is 548 g/mol. The third kappa shape index (κ3) is 4.28. The summed E-state index contributed by atoms with van der Waals surface area (Å²) >= 11 is 6.40. The molecule has 0 radical (unpaired) electrons. The number of carbonyl (C=O) groups is 1. The van der Waals surface area contributed by atoms with E-state index in [9.17, 15) is 14.0 Å². The van der Waals surface area contributed by atoms with Crippen LogP contribution >= 0.6 is 31.9 Å². The number of nitrogens with zero attached hydrogens (tertiary/aromatic N) is 3. The average Bonchev–Trinajstić information content (AvgIpc) is 2.72. The van der Waals surface area contributed by atoms with Gasteiger partial charge in [-0.15, -0.1) is 0 Å². The molecule has 2 aromatic carbocycles. The predicted molar refractivity (Wildman–Crippen MR) is 124 cm³/mol. The zero-order valence-corrected chi connectivity index (χ0v) is 18.7. The second-order valence-electron chi connectivity index (χ2n) is 6.38. The van der Waals surface area contributed by atoms with Gasteiger partial charge in [0, 0.05) is 32.6 Å². The highest BCUT2D eigenvalue weighted by Crippen LogP contribution is 2.29. The van der Waals surface area contributed by atoms with Crippen LogP contribution in [-0.2, 0) is 0 Å². The molecule has 4 N–H and O–H groups in total. The van der Waals surface area contributed by atoms with Crippen LogP contribution < -0.4 is 21.8 Å². The van der Waals surface area contributed by atoms with Crippen molar-refractivity contribution >= 4 is 66.1 Å². The van der Waals surface area contributed by atoms with Crippen molar-refractivity contribution in [2.75, 3.05) is 16.4 Å². The molecule has 0 aliphatic heterocycles. The van der Waals surface area contributed by atoms with Crippen LogP contribution in [0.3, 0.4) is 0 Å². The summed E-state index contributed by atoms with van der Waals surface area (Å²) in [5, 5.41) is 5.34. The van der Waals surface area contributed by atoms with Gasteiger partial charge in [-0.2, -0.15) is 0 Å². The minimum atomic E-state index is -0.607. The summed E-state index contributed by atoms with van der Waals surface area (Å²) in [6.45, 7) is 0. The molecule has 0 unspecified atom stereocenters. The number of nitrogen functional groups attached to an aromatic ring is 1. The zero-order valence-electron chi connectivity index (χ0n) is 15.6. The summed E-state index contributed by atoms with van der Waals surface area (Å²) < 4.78 is 16.7. The molecule has 2 heterocycles. The lowest BCUT2D eigenvalue weighted by atomic mass is 10.2. The molecule has 0 spiro atoms. The maximum Gasteiger partial charge on any atom is 0.323 e. The molecule has 4 rings (SSSR count). The van der Waals surface area contributed by atoms with Crippen molar-refractivity contribution in [3.63, 3.8) is 0 Å². The Morgan fingerprint density at radius 2 is 1.81 bits per heavy atom. The molecule has 11 heteroatoms. The van der Waals surface area contributed by atoms with Gasteiger partial charge in [-0.05, 0) is 52.3 Å². The Balaban J connectivity index is 1.57. The normalized spacial score (nSPS) is 10.8. The Kier molecular flexibility index (Phi) is 5.70. The second kappa shape index (κ2) is 8.44. The summed E-state index contributed by atoms with van der Waals surface area (Å²) in [5.41, 5.74) is 7.12. The Morgan fingerprint density at radius 3 is 2.52 bits per heavy atom. The van der Waals surface area contributed by atoms with Gasteiger partial charge in [-0.3, -0.25) is 4.79 Å². The molecule has 8 nitrogen and oxygen atoms in total. The number of amides is 2. The Morgan fingerprint density at radius 1 is 1.06 bits per heavy atom. The van der Waals surface area contributed by atoms with Gasteiger partial charge in [0.05, 0.1) is 5.69 Å². The highest BCUT2D eigenvalue weighted by atomic mass is 79.9. The standard InChI is InChI=1S/C20H13Br2FN6O2/c21-10-7-13(22)17(14(23)8-10)28-20(31)27-11-1-3-12(4-2-11)29-6-5-15(30)16-18(24)25-9-26-19(16)29/h1-9H,(H2,24,25,26)(H2,27,28,31). The highest BCUT2D eigenvalue weighted by molar-refractivity contribution is 9.11. The second-order valence-corrected chi connectivity index (χ2v) is 8.15. The summed E-state index contributed by atoms with van der Waals surface area (Å²) in [4.78, 5) is 32.4. The van der Waals surface area contributed by atoms with Crippen molar-refractivity contribution in [2.45, 2.75) is 0 Å². The number of hydrogen-bond donors (Lipinski definition) is 3. The molecule has 0 fully saturated rings. The first kappa shape index (κ1) is 20.9. The maximum atomic E-state index is 14.1. The molecular weight excluding hydrogens is 535 g/mol. The number of rotatable bonds is 3. The fourth-order valence-corrected chi connectivity index (χ4v) is 4.23. The molecule has 2 aromatic heterocycles. The quantitative estimate of drug-likeness (QED) is 0.345. The van der Waals surface area contributed by atoms with E-state index in [1.165, 1.54) is 18.5 Å². The van der Waals surface area contributed by atoms with Crippen LogP contribution in [0.2, 0.25) is 0 Å². The van der Waals surface area contributed by atoms with E-state index in [2.05, 4.69) is 52.5 Å². The lowest BCUT2D eigenvalue weighted by molar-refractivity contribution is 0.262. The van der Waals surface area contributed by atoms with E-state index in [1.807, 2.05) is 0 Å². The van der Waals surface area contributed by atoms with Crippen molar-refractivity contribution in [1.29, 1.82) is 0 Å². The number of nitrogens with one attached hydrogen (secondary N) is 2. The van der Waals surface area contributed by atoms with Gasteiger partial charge in [0.25, 0.3) is 0 Å². The van der Waals surface area contributed by atoms with Crippen molar-refractivity contribution in [3.8, 4) is 5.69 Å². The highest BCUT2D eigenvalue weighted by Gasteiger charge is 2.13. The first-order valence-corrected chi connectivity index (χ1v) is 10.4. The van der Waals surface area contributed by atoms with Crippen molar-refractivity contribution < 1.29 is 9.18 Å². The van der Waals surface area contributed by atoms with E-state index in [0.29, 0.717) is 26.0 Å². The Labute approximate surface area is 191 Å². The van der Waals surface area contributed by atoms with Crippen LogP contribution in [0, 0.1) is 5.82 Å². The summed E-state index contributed by atoms with van der Waals surface area (Å²) in [6.07, 6.45) is 2.87. The summed E-state index contributed by atoms with van der Waals surface area (Å²) in [7, 11) is 0. The lowest BCUT2D eigenvalue weighted by Gasteiger charge is -2.13.